The number of hydrogen-bond acceptors (Lipinski definition) is 4. The SMILES string of the molecule is O=C(O)CCN1CCOC(c2ccc(OCC#Cc3ccc(Cl)cc3)cc2)C1. The fourth-order valence-corrected chi connectivity index (χ4v) is 3.06. The Morgan fingerprint density at radius 2 is 1.96 bits per heavy atom. The smallest absolute Gasteiger partial charge is 0.304 e. The Labute approximate surface area is 169 Å². The number of carboxylic acid groups (broad SMARTS) is 1. The molecule has 6 heteroatoms. The minimum absolute atomic E-state index is 0.0544. The third-order valence-corrected chi connectivity index (χ3v) is 4.68. The lowest BCUT2D eigenvalue weighted by Crippen LogP contribution is -2.39. The van der Waals surface area contributed by atoms with Gasteiger partial charge < -0.3 is 14.6 Å². The van der Waals surface area contributed by atoms with E-state index in [0.717, 1.165) is 23.4 Å². The molecule has 1 unspecified atom stereocenters. The molecule has 1 aliphatic heterocycles. The van der Waals surface area contributed by atoms with Gasteiger partial charge in [0.25, 0.3) is 0 Å². The number of carbonyl (C=O) groups is 1. The van der Waals surface area contributed by atoms with Gasteiger partial charge in [0.05, 0.1) is 19.1 Å². The summed E-state index contributed by atoms with van der Waals surface area (Å²) < 4.78 is 11.5. The Morgan fingerprint density at radius 1 is 1.21 bits per heavy atom. The van der Waals surface area contributed by atoms with Crippen LogP contribution in [0.3, 0.4) is 0 Å². The highest BCUT2D eigenvalue weighted by Gasteiger charge is 2.22. The summed E-state index contributed by atoms with van der Waals surface area (Å²) in [5, 5.41) is 9.52. The molecule has 2 aromatic carbocycles. The highest BCUT2D eigenvalue weighted by atomic mass is 35.5. The molecule has 1 fully saturated rings. The highest BCUT2D eigenvalue weighted by Crippen LogP contribution is 2.24. The maximum absolute atomic E-state index is 10.7. The molecule has 0 amide bonds. The molecule has 2 aromatic rings. The van der Waals surface area contributed by atoms with Crippen LogP contribution in [0.4, 0.5) is 0 Å². The van der Waals surface area contributed by atoms with Crippen molar-refractivity contribution in [3.8, 4) is 17.6 Å². The van der Waals surface area contributed by atoms with Gasteiger partial charge in [-0.25, -0.2) is 0 Å². The van der Waals surface area contributed by atoms with Crippen molar-refractivity contribution in [2.24, 2.45) is 0 Å². The summed E-state index contributed by atoms with van der Waals surface area (Å²) in [5.74, 6) is 5.98. The predicted molar refractivity (Wildman–Crippen MR) is 108 cm³/mol. The molecule has 3 rings (SSSR count). The van der Waals surface area contributed by atoms with E-state index in [9.17, 15) is 4.79 Å². The summed E-state index contributed by atoms with van der Waals surface area (Å²) in [5.41, 5.74) is 1.95. The van der Waals surface area contributed by atoms with Crippen LogP contribution in [0.5, 0.6) is 5.75 Å². The van der Waals surface area contributed by atoms with E-state index < -0.39 is 5.97 Å². The van der Waals surface area contributed by atoms with Crippen LogP contribution in [0, 0.1) is 11.8 Å². The summed E-state index contributed by atoms with van der Waals surface area (Å²) in [7, 11) is 0. The van der Waals surface area contributed by atoms with Gasteiger partial charge in [0.1, 0.15) is 12.4 Å². The molecular weight excluding hydrogens is 378 g/mol. The average Bonchev–Trinajstić information content (AvgIpc) is 2.72. The fourth-order valence-electron chi connectivity index (χ4n) is 2.93. The lowest BCUT2D eigenvalue weighted by molar-refractivity contribution is -0.137. The summed E-state index contributed by atoms with van der Waals surface area (Å²) in [4.78, 5) is 12.9. The topological polar surface area (TPSA) is 59.0 Å². The third-order valence-electron chi connectivity index (χ3n) is 4.43. The minimum atomic E-state index is -0.774. The molecule has 0 bridgehead atoms. The van der Waals surface area contributed by atoms with Crippen molar-refractivity contribution in [1.82, 2.24) is 4.90 Å². The van der Waals surface area contributed by atoms with E-state index in [2.05, 4.69) is 16.7 Å². The van der Waals surface area contributed by atoms with Gasteiger partial charge in [0, 0.05) is 30.2 Å². The zero-order valence-electron chi connectivity index (χ0n) is 15.4. The molecule has 0 radical (unpaired) electrons. The number of benzene rings is 2. The van der Waals surface area contributed by atoms with E-state index >= 15 is 0 Å². The van der Waals surface area contributed by atoms with Gasteiger partial charge in [-0.05, 0) is 42.0 Å². The molecule has 1 saturated heterocycles. The molecule has 0 saturated carbocycles. The van der Waals surface area contributed by atoms with Crippen LogP contribution in [-0.4, -0.2) is 48.8 Å². The molecule has 1 N–H and O–H groups in total. The van der Waals surface area contributed by atoms with Gasteiger partial charge in [0.2, 0.25) is 0 Å². The monoisotopic (exact) mass is 399 g/mol. The second-order valence-electron chi connectivity index (χ2n) is 6.47. The largest absolute Gasteiger partial charge is 0.481 e. The highest BCUT2D eigenvalue weighted by molar-refractivity contribution is 6.30. The second-order valence-corrected chi connectivity index (χ2v) is 6.91. The van der Waals surface area contributed by atoms with Crippen molar-refractivity contribution in [3.05, 3.63) is 64.7 Å². The Hall–Kier alpha value is -2.52. The van der Waals surface area contributed by atoms with Crippen LogP contribution in [0.15, 0.2) is 48.5 Å². The van der Waals surface area contributed by atoms with E-state index in [1.807, 2.05) is 36.4 Å². The Morgan fingerprint density at radius 3 is 2.68 bits per heavy atom. The van der Waals surface area contributed by atoms with Crippen molar-refractivity contribution < 1.29 is 19.4 Å². The summed E-state index contributed by atoms with van der Waals surface area (Å²) in [6.45, 7) is 2.90. The molecule has 28 heavy (non-hydrogen) atoms. The van der Waals surface area contributed by atoms with Gasteiger partial charge >= 0.3 is 5.97 Å². The predicted octanol–water partition coefficient (Wildman–Crippen LogP) is 3.62. The third kappa shape index (κ3) is 6.28. The standard InChI is InChI=1S/C22H22ClNO4/c23-19-7-3-17(4-8-19)2-1-14-27-20-9-5-18(6-10-20)21-16-24(13-15-28-21)12-11-22(25)26/h3-10,21H,11-16H2,(H,25,26). The molecule has 0 aliphatic carbocycles. The molecule has 5 nitrogen and oxygen atoms in total. The fraction of sp³-hybridized carbons (Fsp3) is 0.318. The minimum Gasteiger partial charge on any atom is -0.481 e. The molecule has 0 aromatic heterocycles. The second kappa shape index (κ2) is 10.1. The lowest BCUT2D eigenvalue weighted by atomic mass is 10.1. The lowest BCUT2D eigenvalue weighted by Gasteiger charge is -2.32. The number of morpholine rings is 1. The van der Waals surface area contributed by atoms with Crippen molar-refractivity contribution >= 4 is 17.6 Å². The van der Waals surface area contributed by atoms with Crippen LogP contribution in [-0.2, 0) is 9.53 Å². The molecule has 146 valence electrons. The van der Waals surface area contributed by atoms with Gasteiger partial charge in [-0.15, -0.1) is 0 Å². The zero-order valence-corrected chi connectivity index (χ0v) is 16.2. The maximum atomic E-state index is 10.7. The number of aliphatic carboxylic acids is 1. The molecular formula is C22H22ClNO4. The summed E-state index contributed by atoms with van der Waals surface area (Å²) in [6.07, 6.45) is 0.0950. The number of hydrogen-bond donors (Lipinski definition) is 1. The van der Waals surface area contributed by atoms with Crippen LogP contribution >= 0.6 is 11.6 Å². The van der Waals surface area contributed by atoms with Gasteiger partial charge in [-0.3, -0.25) is 9.69 Å². The van der Waals surface area contributed by atoms with E-state index in [0.29, 0.717) is 31.3 Å². The molecule has 1 heterocycles. The van der Waals surface area contributed by atoms with Crippen molar-refractivity contribution in [2.75, 3.05) is 32.8 Å². The Kier molecular flexibility index (Phi) is 7.32. The maximum Gasteiger partial charge on any atom is 0.304 e. The van der Waals surface area contributed by atoms with E-state index in [-0.39, 0.29) is 12.5 Å². The number of nitrogens with zero attached hydrogens (tertiary/aromatic N) is 1. The number of ether oxygens (including phenoxy) is 2. The Bertz CT molecular complexity index is 840. The first-order chi connectivity index (χ1) is 13.6. The normalized spacial score (nSPS) is 16.8. The zero-order chi connectivity index (χ0) is 19.8. The van der Waals surface area contributed by atoms with Crippen LogP contribution < -0.4 is 4.74 Å². The van der Waals surface area contributed by atoms with E-state index in [1.165, 1.54) is 0 Å². The quantitative estimate of drug-likeness (QED) is 0.752. The van der Waals surface area contributed by atoms with Crippen molar-refractivity contribution in [1.29, 1.82) is 0 Å². The molecule has 0 spiro atoms. The van der Waals surface area contributed by atoms with Gasteiger partial charge in [-0.1, -0.05) is 35.6 Å². The van der Waals surface area contributed by atoms with Crippen LogP contribution in [0.2, 0.25) is 5.02 Å². The van der Waals surface area contributed by atoms with Crippen LogP contribution in [0.1, 0.15) is 23.7 Å². The number of rotatable bonds is 6. The number of carboxylic acids is 1. The summed E-state index contributed by atoms with van der Waals surface area (Å²) in [6, 6.07) is 15.1. The first kappa shape index (κ1) is 20.2. The van der Waals surface area contributed by atoms with Gasteiger partial charge in [-0.2, -0.15) is 0 Å². The Balaban J connectivity index is 1.49. The summed E-state index contributed by atoms with van der Waals surface area (Å²) >= 11 is 5.85. The van der Waals surface area contributed by atoms with Gasteiger partial charge in [0.15, 0.2) is 0 Å². The average molecular weight is 400 g/mol. The van der Waals surface area contributed by atoms with Crippen LogP contribution in [0.25, 0.3) is 0 Å². The van der Waals surface area contributed by atoms with E-state index in [1.54, 1.807) is 12.1 Å². The van der Waals surface area contributed by atoms with Crippen molar-refractivity contribution in [2.45, 2.75) is 12.5 Å². The van der Waals surface area contributed by atoms with E-state index in [4.69, 9.17) is 26.2 Å². The first-order valence-electron chi connectivity index (χ1n) is 9.13. The first-order valence-corrected chi connectivity index (χ1v) is 9.51. The number of halogens is 1. The molecule has 1 aliphatic rings. The van der Waals surface area contributed by atoms with Crippen molar-refractivity contribution in [3.63, 3.8) is 0 Å². The molecule has 1 atom stereocenters.